The molecule has 2 rings (SSSR count). The number of halogens is 1. The van der Waals surface area contributed by atoms with Crippen LogP contribution in [0.15, 0.2) is 30.9 Å². The summed E-state index contributed by atoms with van der Waals surface area (Å²) < 4.78 is 6.89. The summed E-state index contributed by atoms with van der Waals surface area (Å²) in [4.78, 5) is 18.1. The Hall–Kier alpha value is -1.88. The van der Waals surface area contributed by atoms with Gasteiger partial charge in [-0.15, -0.1) is 0 Å². The van der Waals surface area contributed by atoms with Crippen LogP contribution in [0.2, 0.25) is 5.15 Å². The number of carbonyl (C=O) groups is 1. The summed E-state index contributed by atoms with van der Waals surface area (Å²) in [6.45, 7) is -0.0678. The number of rotatable bonds is 4. The minimum Gasteiger partial charge on any atom is -0.468 e. The van der Waals surface area contributed by atoms with Crippen LogP contribution in [0, 0.1) is 0 Å². The van der Waals surface area contributed by atoms with Gasteiger partial charge in [0.2, 0.25) is 5.88 Å². The summed E-state index contributed by atoms with van der Waals surface area (Å²) in [5, 5.41) is 0.270. The number of nitrogens with zero attached hydrogens (tertiary/aromatic N) is 3. The van der Waals surface area contributed by atoms with Crippen LogP contribution in [0.5, 0.6) is 5.88 Å². The van der Waals surface area contributed by atoms with E-state index in [0.29, 0.717) is 12.0 Å². The standard InChI is InChI=1S/C10H8ClN3O2/c11-9-8(14-3-1-2-4-14)10(13-7-12-9)16-6-5-15/h1-5,7H,6H2. The Morgan fingerprint density at radius 2 is 2.12 bits per heavy atom. The number of aldehydes is 1. The quantitative estimate of drug-likeness (QED) is 0.597. The highest BCUT2D eigenvalue weighted by atomic mass is 35.5. The van der Waals surface area contributed by atoms with Crippen LogP contribution in [-0.4, -0.2) is 27.4 Å². The number of ether oxygens (including phenoxy) is 1. The number of carbonyl (C=O) groups excluding carboxylic acids is 1. The first-order valence-electron chi connectivity index (χ1n) is 4.53. The maximum Gasteiger partial charge on any atom is 0.243 e. The highest BCUT2D eigenvalue weighted by Gasteiger charge is 2.12. The topological polar surface area (TPSA) is 57.0 Å². The Morgan fingerprint density at radius 1 is 1.38 bits per heavy atom. The third-order valence-electron chi connectivity index (χ3n) is 1.89. The van der Waals surface area contributed by atoms with E-state index in [1.807, 2.05) is 12.1 Å². The van der Waals surface area contributed by atoms with Gasteiger partial charge in [-0.05, 0) is 12.1 Å². The van der Waals surface area contributed by atoms with E-state index in [9.17, 15) is 4.79 Å². The fourth-order valence-electron chi connectivity index (χ4n) is 1.26. The molecule has 16 heavy (non-hydrogen) atoms. The van der Waals surface area contributed by atoms with E-state index in [1.54, 1.807) is 17.0 Å². The molecule has 0 aromatic carbocycles. The van der Waals surface area contributed by atoms with Crippen LogP contribution in [0.25, 0.3) is 5.69 Å². The second-order valence-corrected chi connectivity index (χ2v) is 3.24. The Labute approximate surface area is 96.7 Å². The van der Waals surface area contributed by atoms with E-state index in [2.05, 4.69) is 9.97 Å². The van der Waals surface area contributed by atoms with E-state index < -0.39 is 0 Å². The molecule has 0 saturated carbocycles. The van der Waals surface area contributed by atoms with E-state index in [4.69, 9.17) is 16.3 Å². The molecule has 0 N–H and O–H groups in total. The maximum absolute atomic E-state index is 10.3. The summed E-state index contributed by atoms with van der Waals surface area (Å²) in [5.74, 6) is 0.281. The van der Waals surface area contributed by atoms with Crippen molar-refractivity contribution in [1.82, 2.24) is 14.5 Å². The molecule has 0 saturated heterocycles. The molecule has 2 aromatic heterocycles. The van der Waals surface area contributed by atoms with Gasteiger partial charge in [0.05, 0.1) is 0 Å². The van der Waals surface area contributed by atoms with Crippen molar-refractivity contribution >= 4 is 17.9 Å². The van der Waals surface area contributed by atoms with Gasteiger partial charge in [-0.1, -0.05) is 11.6 Å². The summed E-state index contributed by atoms with van der Waals surface area (Å²) >= 11 is 5.96. The number of hydrogen-bond acceptors (Lipinski definition) is 4. The monoisotopic (exact) mass is 237 g/mol. The molecule has 0 aliphatic heterocycles. The van der Waals surface area contributed by atoms with Gasteiger partial charge >= 0.3 is 0 Å². The molecule has 2 aromatic rings. The minimum atomic E-state index is -0.0678. The Balaban J connectivity index is 2.45. The van der Waals surface area contributed by atoms with Gasteiger partial charge in [0, 0.05) is 12.4 Å². The van der Waals surface area contributed by atoms with Crippen molar-refractivity contribution in [3.05, 3.63) is 36.0 Å². The predicted molar refractivity (Wildman–Crippen MR) is 57.9 cm³/mol. The third kappa shape index (κ3) is 2.04. The van der Waals surface area contributed by atoms with Crippen molar-refractivity contribution in [2.24, 2.45) is 0 Å². The first-order chi connectivity index (χ1) is 7.83. The number of hydrogen-bond donors (Lipinski definition) is 0. The molecule has 6 heteroatoms. The van der Waals surface area contributed by atoms with Crippen molar-refractivity contribution in [3.8, 4) is 11.6 Å². The summed E-state index contributed by atoms with van der Waals surface area (Å²) in [5.41, 5.74) is 0.524. The maximum atomic E-state index is 10.3. The largest absolute Gasteiger partial charge is 0.468 e. The van der Waals surface area contributed by atoms with E-state index in [1.165, 1.54) is 6.33 Å². The Kier molecular flexibility index (Phi) is 3.16. The van der Waals surface area contributed by atoms with Crippen molar-refractivity contribution < 1.29 is 9.53 Å². The average molecular weight is 238 g/mol. The van der Waals surface area contributed by atoms with E-state index in [-0.39, 0.29) is 17.6 Å². The highest BCUT2D eigenvalue weighted by Crippen LogP contribution is 2.26. The van der Waals surface area contributed by atoms with Gasteiger partial charge in [-0.25, -0.2) is 4.98 Å². The molecule has 0 bridgehead atoms. The molecule has 0 amide bonds. The normalized spacial score (nSPS) is 10.1. The van der Waals surface area contributed by atoms with Crippen molar-refractivity contribution in [3.63, 3.8) is 0 Å². The molecule has 0 spiro atoms. The fraction of sp³-hybridized carbons (Fsp3) is 0.100. The van der Waals surface area contributed by atoms with Gasteiger partial charge in [-0.2, -0.15) is 4.98 Å². The predicted octanol–water partition coefficient (Wildman–Crippen LogP) is 1.50. The zero-order chi connectivity index (χ0) is 11.4. The molecule has 0 unspecified atom stereocenters. The van der Waals surface area contributed by atoms with Gasteiger partial charge in [-0.3, -0.25) is 4.79 Å². The third-order valence-corrected chi connectivity index (χ3v) is 2.17. The minimum absolute atomic E-state index is 0.0678. The number of aromatic nitrogens is 3. The molecular weight excluding hydrogens is 230 g/mol. The fourth-order valence-corrected chi connectivity index (χ4v) is 1.48. The zero-order valence-corrected chi connectivity index (χ0v) is 8.96. The summed E-state index contributed by atoms with van der Waals surface area (Å²) in [6.07, 6.45) is 5.52. The lowest BCUT2D eigenvalue weighted by Gasteiger charge is -2.09. The van der Waals surface area contributed by atoms with Crippen LogP contribution >= 0.6 is 11.6 Å². The van der Waals surface area contributed by atoms with Gasteiger partial charge in [0.15, 0.2) is 11.4 Å². The highest BCUT2D eigenvalue weighted by molar-refractivity contribution is 6.31. The lowest BCUT2D eigenvalue weighted by atomic mass is 10.5. The molecule has 0 aliphatic rings. The first kappa shape index (κ1) is 10.6. The Morgan fingerprint density at radius 3 is 2.81 bits per heavy atom. The van der Waals surface area contributed by atoms with Crippen LogP contribution in [0.1, 0.15) is 0 Å². The van der Waals surface area contributed by atoms with Crippen LogP contribution in [0.3, 0.4) is 0 Å². The van der Waals surface area contributed by atoms with Crippen LogP contribution in [0.4, 0.5) is 0 Å². The van der Waals surface area contributed by atoms with Crippen molar-refractivity contribution in [1.29, 1.82) is 0 Å². The first-order valence-corrected chi connectivity index (χ1v) is 4.91. The molecule has 0 fully saturated rings. The van der Waals surface area contributed by atoms with Crippen LogP contribution in [-0.2, 0) is 4.79 Å². The molecule has 82 valence electrons. The van der Waals surface area contributed by atoms with Gasteiger partial charge in [0.25, 0.3) is 0 Å². The van der Waals surface area contributed by atoms with E-state index >= 15 is 0 Å². The molecule has 0 radical (unpaired) electrons. The SMILES string of the molecule is O=CCOc1ncnc(Cl)c1-n1cccc1. The lowest BCUT2D eigenvalue weighted by Crippen LogP contribution is -2.05. The molecule has 0 atom stereocenters. The second-order valence-electron chi connectivity index (χ2n) is 2.89. The second kappa shape index (κ2) is 4.76. The molecule has 0 aliphatic carbocycles. The van der Waals surface area contributed by atoms with Crippen LogP contribution < -0.4 is 4.74 Å². The van der Waals surface area contributed by atoms with Gasteiger partial charge < -0.3 is 9.30 Å². The molecule has 5 nitrogen and oxygen atoms in total. The van der Waals surface area contributed by atoms with Crippen molar-refractivity contribution in [2.45, 2.75) is 0 Å². The molecule has 2 heterocycles. The Bertz CT molecular complexity index is 485. The molecular formula is C10H8ClN3O2. The zero-order valence-electron chi connectivity index (χ0n) is 8.21. The summed E-state index contributed by atoms with van der Waals surface area (Å²) in [6, 6.07) is 3.68. The smallest absolute Gasteiger partial charge is 0.243 e. The van der Waals surface area contributed by atoms with Gasteiger partial charge in [0.1, 0.15) is 18.6 Å². The summed E-state index contributed by atoms with van der Waals surface area (Å²) in [7, 11) is 0. The average Bonchev–Trinajstić information content (AvgIpc) is 2.79. The lowest BCUT2D eigenvalue weighted by molar-refractivity contribution is -0.109. The van der Waals surface area contributed by atoms with E-state index in [0.717, 1.165) is 0 Å². The van der Waals surface area contributed by atoms with Crippen molar-refractivity contribution in [2.75, 3.05) is 6.61 Å².